The van der Waals surface area contributed by atoms with Crippen molar-refractivity contribution in [2.45, 2.75) is 19.8 Å². The smallest absolute Gasteiger partial charge is 0.319 e. The summed E-state index contributed by atoms with van der Waals surface area (Å²) < 4.78 is 13.5. The molecule has 138 valence electrons. The summed E-state index contributed by atoms with van der Waals surface area (Å²) in [6.45, 7) is 5.47. The summed E-state index contributed by atoms with van der Waals surface area (Å²) in [6, 6.07) is 14.9. The second-order valence-corrected chi connectivity index (χ2v) is 6.99. The summed E-state index contributed by atoms with van der Waals surface area (Å²) in [5, 5.41) is 5.59. The molecule has 0 aliphatic carbocycles. The molecule has 1 atom stereocenters. The van der Waals surface area contributed by atoms with E-state index in [1.54, 1.807) is 19.1 Å². The summed E-state index contributed by atoms with van der Waals surface area (Å²) in [7, 11) is 0. The van der Waals surface area contributed by atoms with Crippen LogP contribution in [0.4, 0.5) is 14.9 Å². The number of urea groups is 1. The van der Waals surface area contributed by atoms with Crippen LogP contribution in [0.15, 0.2) is 48.5 Å². The molecule has 0 saturated carbocycles. The first kappa shape index (κ1) is 18.4. The summed E-state index contributed by atoms with van der Waals surface area (Å²) in [6.07, 6.45) is 2.15. The molecule has 1 aliphatic rings. The van der Waals surface area contributed by atoms with E-state index in [0.717, 1.165) is 32.5 Å². The number of halogens is 1. The van der Waals surface area contributed by atoms with Crippen LogP contribution in [0.1, 0.15) is 17.5 Å². The Labute approximate surface area is 154 Å². The number of anilines is 1. The number of likely N-dealkylation sites (tertiary alicyclic amines) is 1. The number of nitrogens with zero attached hydrogens (tertiary/aromatic N) is 1. The molecular weight excluding hydrogens is 329 g/mol. The van der Waals surface area contributed by atoms with Crippen LogP contribution in [-0.2, 0) is 6.42 Å². The van der Waals surface area contributed by atoms with E-state index in [-0.39, 0.29) is 11.8 Å². The molecule has 2 aromatic rings. The van der Waals surface area contributed by atoms with Gasteiger partial charge in [-0.2, -0.15) is 0 Å². The van der Waals surface area contributed by atoms with Crippen molar-refractivity contribution in [1.82, 2.24) is 10.2 Å². The normalized spacial score (nSPS) is 17.2. The molecule has 0 aromatic heterocycles. The fourth-order valence-electron chi connectivity index (χ4n) is 3.30. The van der Waals surface area contributed by atoms with Crippen molar-refractivity contribution in [1.29, 1.82) is 0 Å². The maximum absolute atomic E-state index is 13.5. The van der Waals surface area contributed by atoms with Gasteiger partial charge < -0.3 is 15.5 Å². The van der Waals surface area contributed by atoms with Gasteiger partial charge in [0.1, 0.15) is 5.82 Å². The lowest BCUT2D eigenvalue weighted by Gasteiger charge is -2.16. The number of nitrogens with one attached hydrogen (secondary N) is 2. The van der Waals surface area contributed by atoms with E-state index in [0.29, 0.717) is 23.7 Å². The fraction of sp³-hybridized carbons (Fsp3) is 0.381. The summed E-state index contributed by atoms with van der Waals surface area (Å²) in [5.41, 5.74) is 2.40. The van der Waals surface area contributed by atoms with Crippen LogP contribution in [0.5, 0.6) is 0 Å². The van der Waals surface area contributed by atoms with Crippen molar-refractivity contribution in [3.63, 3.8) is 0 Å². The van der Waals surface area contributed by atoms with Crippen molar-refractivity contribution in [2.75, 3.05) is 31.5 Å². The molecule has 1 heterocycles. The van der Waals surface area contributed by atoms with Crippen molar-refractivity contribution < 1.29 is 9.18 Å². The molecule has 0 radical (unpaired) electrons. The lowest BCUT2D eigenvalue weighted by Crippen LogP contribution is -2.34. The highest BCUT2D eigenvalue weighted by atomic mass is 19.1. The SMILES string of the molecule is Cc1ccc(NC(=O)NC[C@@H]2CCN(CCc3ccccc3)C2)cc1F. The van der Waals surface area contributed by atoms with Crippen molar-refractivity contribution in [3.05, 3.63) is 65.5 Å². The number of amides is 2. The standard InChI is InChI=1S/C21H26FN3O/c1-16-7-8-19(13-20(16)22)24-21(26)23-14-18-10-12-25(15-18)11-9-17-5-3-2-4-6-17/h2-8,13,18H,9-12,14-15H2,1H3,(H2,23,24,26)/t18-/m0/s1. The lowest BCUT2D eigenvalue weighted by atomic mass is 10.1. The van der Waals surface area contributed by atoms with Gasteiger partial charge in [0, 0.05) is 25.3 Å². The lowest BCUT2D eigenvalue weighted by molar-refractivity contribution is 0.249. The first-order valence-corrected chi connectivity index (χ1v) is 9.17. The average Bonchev–Trinajstić information content (AvgIpc) is 3.10. The van der Waals surface area contributed by atoms with Crippen LogP contribution in [0, 0.1) is 18.7 Å². The molecule has 2 N–H and O–H groups in total. The summed E-state index contributed by atoms with van der Waals surface area (Å²) >= 11 is 0. The number of hydrogen-bond acceptors (Lipinski definition) is 2. The predicted molar refractivity (Wildman–Crippen MR) is 103 cm³/mol. The Morgan fingerprint density at radius 2 is 2.04 bits per heavy atom. The second-order valence-electron chi connectivity index (χ2n) is 6.99. The van der Waals surface area contributed by atoms with Gasteiger partial charge in [0.15, 0.2) is 0 Å². The van der Waals surface area contributed by atoms with Crippen LogP contribution < -0.4 is 10.6 Å². The van der Waals surface area contributed by atoms with E-state index in [9.17, 15) is 9.18 Å². The maximum Gasteiger partial charge on any atom is 0.319 e. The number of rotatable bonds is 6. The number of carbonyl (C=O) groups excluding carboxylic acids is 1. The minimum absolute atomic E-state index is 0.281. The molecule has 1 fully saturated rings. The number of aryl methyl sites for hydroxylation is 1. The molecule has 3 rings (SSSR count). The van der Waals surface area contributed by atoms with E-state index >= 15 is 0 Å². The van der Waals surface area contributed by atoms with Gasteiger partial charge in [0.05, 0.1) is 0 Å². The molecule has 5 heteroatoms. The van der Waals surface area contributed by atoms with Gasteiger partial charge in [0.25, 0.3) is 0 Å². The Bertz CT molecular complexity index is 735. The van der Waals surface area contributed by atoms with Crippen molar-refractivity contribution in [3.8, 4) is 0 Å². The molecule has 2 amide bonds. The van der Waals surface area contributed by atoms with Gasteiger partial charge in [-0.3, -0.25) is 0 Å². The second kappa shape index (κ2) is 8.81. The molecule has 0 bridgehead atoms. The molecular formula is C21H26FN3O. The van der Waals surface area contributed by atoms with Gasteiger partial charge in [-0.15, -0.1) is 0 Å². The monoisotopic (exact) mass is 355 g/mol. The average molecular weight is 355 g/mol. The predicted octanol–water partition coefficient (Wildman–Crippen LogP) is 3.82. The van der Waals surface area contributed by atoms with Gasteiger partial charge in [-0.05, 0) is 55.5 Å². The highest BCUT2D eigenvalue weighted by Crippen LogP contribution is 2.16. The fourth-order valence-corrected chi connectivity index (χ4v) is 3.30. The molecule has 26 heavy (non-hydrogen) atoms. The van der Waals surface area contributed by atoms with Crippen LogP contribution in [0.3, 0.4) is 0 Å². The van der Waals surface area contributed by atoms with E-state index in [4.69, 9.17) is 0 Å². The maximum atomic E-state index is 13.5. The Hall–Kier alpha value is -2.40. The van der Waals surface area contributed by atoms with Gasteiger partial charge in [0.2, 0.25) is 0 Å². The van der Waals surface area contributed by atoms with Crippen molar-refractivity contribution >= 4 is 11.7 Å². The third kappa shape index (κ3) is 5.30. The van der Waals surface area contributed by atoms with Gasteiger partial charge >= 0.3 is 6.03 Å². The Kier molecular flexibility index (Phi) is 6.23. The topological polar surface area (TPSA) is 44.4 Å². The van der Waals surface area contributed by atoms with Gasteiger partial charge in [-0.25, -0.2) is 9.18 Å². The van der Waals surface area contributed by atoms with Crippen LogP contribution in [-0.4, -0.2) is 37.1 Å². The highest BCUT2D eigenvalue weighted by Gasteiger charge is 2.22. The minimum Gasteiger partial charge on any atom is -0.338 e. The van der Waals surface area contributed by atoms with Crippen LogP contribution in [0.25, 0.3) is 0 Å². The largest absolute Gasteiger partial charge is 0.338 e. The first-order valence-electron chi connectivity index (χ1n) is 9.17. The third-order valence-corrected chi connectivity index (χ3v) is 4.91. The molecule has 1 aliphatic heterocycles. The Morgan fingerprint density at radius 3 is 2.81 bits per heavy atom. The van der Waals surface area contributed by atoms with E-state index in [2.05, 4.69) is 39.8 Å². The zero-order valence-electron chi connectivity index (χ0n) is 15.2. The molecule has 0 unspecified atom stereocenters. The molecule has 1 saturated heterocycles. The van der Waals surface area contributed by atoms with E-state index in [1.807, 2.05) is 6.07 Å². The first-order chi connectivity index (χ1) is 12.6. The van der Waals surface area contributed by atoms with E-state index in [1.165, 1.54) is 11.6 Å². The summed E-state index contributed by atoms with van der Waals surface area (Å²) in [5.74, 6) is 0.152. The highest BCUT2D eigenvalue weighted by molar-refractivity contribution is 5.89. The summed E-state index contributed by atoms with van der Waals surface area (Å²) in [4.78, 5) is 14.5. The quantitative estimate of drug-likeness (QED) is 0.827. The van der Waals surface area contributed by atoms with Gasteiger partial charge in [-0.1, -0.05) is 36.4 Å². The number of benzene rings is 2. The molecule has 4 nitrogen and oxygen atoms in total. The Morgan fingerprint density at radius 1 is 1.23 bits per heavy atom. The van der Waals surface area contributed by atoms with Crippen LogP contribution in [0.2, 0.25) is 0 Å². The van der Waals surface area contributed by atoms with Crippen molar-refractivity contribution in [2.24, 2.45) is 5.92 Å². The Balaban J connectivity index is 1.37. The van der Waals surface area contributed by atoms with E-state index < -0.39 is 0 Å². The van der Waals surface area contributed by atoms with Crippen LogP contribution >= 0.6 is 0 Å². The minimum atomic E-state index is -0.312. The third-order valence-electron chi connectivity index (χ3n) is 4.91. The zero-order valence-corrected chi connectivity index (χ0v) is 15.2. The zero-order chi connectivity index (χ0) is 18.4. The number of hydrogen-bond donors (Lipinski definition) is 2. The molecule has 2 aromatic carbocycles. The number of carbonyl (C=O) groups is 1. The molecule has 0 spiro atoms.